The van der Waals surface area contributed by atoms with Gasteiger partial charge in [-0.2, -0.15) is 4.98 Å². The topological polar surface area (TPSA) is 120 Å². The number of nitrogens with one attached hydrogen (secondary N) is 1. The van der Waals surface area contributed by atoms with E-state index in [0.717, 1.165) is 0 Å². The van der Waals surface area contributed by atoms with Crippen molar-refractivity contribution >= 4 is 17.3 Å². The average molecular weight is 233 g/mol. The van der Waals surface area contributed by atoms with Gasteiger partial charge in [-0.3, -0.25) is 4.79 Å². The molecule has 1 heterocycles. The van der Waals surface area contributed by atoms with Gasteiger partial charge in [0, 0.05) is 5.56 Å². The number of primary amides is 1. The fraction of sp³-hybridized carbons (Fsp3) is 0.100. The molecule has 0 atom stereocenters. The fourth-order valence-electron chi connectivity index (χ4n) is 1.31. The number of anilines is 2. The van der Waals surface area contributed by atoms with Crippen LogP contribution in [0.3, 0.4) is 0 Å². The maximum Gasteiger partial charge on any atom is 0.248 e. The molecule has 0 aliphatic carbocycles. The van der Waals surface area contributed by atoms with Gasteiger partial charge in [0.05, 0.1) is 17.9 Å². The summed E-state index contributed by atoms with van der Waals surface area (Å²) in [5.74, 6) is -0.0125. The van der Waals surface area contributed by atoms with Gasteiger partial charge < -0.3 is 21.3 Å². The molecule has 0 saturated carbocycles. The predicted molar refractivity (Wildman–Crippen MR) is 61.0 cm³/mol. The molecule has 0 bridgehead atoms. The van der Waals surface area contributed by atoms with Crippen LogP contribution in [0.4, 0.5) is 11.4 Å². The lowest BCUT2D eigenvalue weighted by atomic mass is 10.1. The summed E-state index contributed by atoms with van der Waals surface area (Å²) in [6.07, 6.45) is 1.24. The summed E-state index contributed by atoms with van der Waals surface area (Å²) in [6.45, 7) is 0.350. The first-order valence-electron chi connectivity index (χ1n) is 4.85. The van der Waals surface area contributed by atoms with Crippen LogP contribution < -0.4 is 16.8 Å². The van der Waals surface area contributed by atoms with Crippen molar-refractivity contribution in [3.63, 3.8) is 0 Å². The number of benzene rings is 1. The summed E-state index contributed by atoms with van der Waals surface area (Å²) >= 11 is 0. The summed E-state index contributed by atoms with van der Waals surface area (Å²) in [7, 11) is 0. The highest BCUT2D eigenvalue weighted by molar-refractivity contribution is 5.94. The van der Waals surface area contributed by atoms with Crippen LogP contribution >= 0.6 is 0 Å². The largest absolute Gasteiger partial charge is 0.397 e. The molecule has 2 aromatic rings. The number of rotatable bonds is 4. The minimum atomic E-state index is -0.507. The van der Waals surface area contributed by atoms with Gasteiger partial charge in [-0.25, -0.2) is 0 Å². The number of nitrogen functional groups attached to an aromatic ring is 1. The number of amides is 1. The van der Waals surface area contributed by atoms with Crippen molar-refractivity contribution < 1.29 is 9.32 Å². The molecular formula is C10H11N5O2. The second-order valence-electron chi connectivity index (χ2n) is 3.37. The molecule has 5 N–H and O–H groups in total. The summed E-state index contributed by atoms with van der Waals surface area (Å²) in [5, 5.41) is 6.63. The van der Waals surface area contributed by atoms with Crippen molar-refractivity contribution in [1.29, 1.82) is 0 Å². The summed E-state index contributed by atoms with van der Waals surface area (Å²) in [4.78, 5) is 14.9. The van der Waals surface area contributed by atoms with Gasteiger partial charge in [-0.05, 0) is 18.2 Å². The van der Waals surface area contributed by atoms with Gasteiger partial charge in [-0.1, -0.05) is 5.16 Å². The quantitative estimate of drug-likeness (QED) is 0.656. The molecule has 2 rings (SSSR count). The number of carbonyl (C=O) groups is 1. The van der Waals surface area contributed by atoms with E-state index in [0.29, 0.717) is 29.3 Å². The minimum Gasteiger partial charge on any atom is -0.397 e. The Hall–Kier alpha value is -2.57. The molecular weight excluding hydrogens is 222 g/mol. The zero-order valence-electron chi connectivity index (χ0n) is 8.88. The van der Waals surface area contributed by atoms with Crippen LogP contribution in [0.5, 0.6) is 0 Å². The zero-order valence-corrected chi connectivity index (χ0v) is 8.88. The van der Waals surface area contributed by atoms with Crippen molar-refractivity contribution in [2.24, 2.45) is 5.73 Å². The molecule has 1 aromatic carbocycles. The van der Waals surface area contributed by atoms with Crippen LogP contribution in [0.2, 0.25) is 0 Å². The van der Waals surface area contributed by atoms with Gasteiger partial charge in [0.2, 0.25) is 12.3 Å². The van der Waals surface area contributed by atoms with Crippen molar-refractivity contribution in [1.82, 2.24) is 10.1 Å². The van der Waals surface area contributed by atoms with Gasteiger partial charge in [0.25, 0.3) is 0 Å². The maximum absolute atomic E-state index is 11.0. The van der Waals surface area contributed by atoms with Crippen molar-refractivity contribution in [3.8, 4) is 0 Å². The molecule has 0 spiro atoms. The lowest BCUT2D eigenvalue weighted by Gasteiger charge is -2.08. The Labute approximate surface area is 96.8 Å². The molecule has 0 saturated heterocycles. The van der Waals surface area contributed by atoms with Crippen molar-refractivity contribution in [3.05, 3.63) is 36.0 Å². The van der Waals surface area contributed by atoms with Gasteiger partial charge in [0.15, 0.2) is 5.82 Å². The number of carbonyl (C=O) groups excluding carboxylic acids is 1. The van der Waals surface area contributed by atoms with E-state index >= 15 is 0 Å². The predicted octanol–water partition coefficient (Wildman–Crippen LogP) is 0.363. The van der Waals surface area contributed by atoms with Crippen molar-refractivity contribution in [2.75, 3.05) is 11.1 Å². The fourth-order valence-corrected chi connectivity index (χ4v) is 1.31. The third-order valence-corrected chi connectivity index (χ3v) is 2.18. The Morgan fingerprint density at radius 3 is 2.94 bits per heavy atom. The molecule has 17 heavy (non-hydrogen) atoms. The Morgan fingerprint density at radius 1 is 1.47 bits per heavy atom. The lowest BCUT2D eigenvalue weighted by molar-refractivity contribution is 0.100. The number of hydrogen-bond donors (Lipinski definition) is 3. The first kappa shape index (κ1) is 10.9. The lowest BCUT2D eigenvalue weighted by Crippen LogP contribution is -2.12. The van der Waals surface area contributed by atoms with E-state index in [1.807, 2.05) is 0 Å². The van der Waals surface area contributed by atoms with Crippen LogP contribution in [0.15, 0.2) is 29.1 Å². The smallest absolute Gasteiger partial charge is 0.248 e. The molecule has 1 amide bonds. The van der Waals surface area contributed by atoms with Crippen LogP contribution in [-0.2, 0) is 6.54 Å². The highest BCUT2D eigenvalue weighted by Crippen LogP contribution is 2.20. The molecule has 0 radical (unpaired) electrons. The van der Waals surface area contributed by atoms with E-state index in [9.17, 15) is 4.79 Å². The normalized spacial score (nSPS) is 10.1. The zero-order chi connectivity index (χ0) is 12.3. The van der Waals surface area contributed by atoms with Crippen molar-refractivity contribution in [2.45, 2.75) is 6.54 Å². The Balaban J connectivity index is 2.14. The summed E-state index contributed by atoms with van der Waals surface area (Å²) in [5.41, 5.74) is 12.4. The molecule has 88 valence electrons. The Kier molecular flexibility index (Phi) is 2.91. The first-order valence-corrected chi connectivity index (χ1v) is 4.85. The molecule has 0 aliphatic heterocycles. The highest BCUT2D eigenvalue weighted by atomic mass is 16.5. The number of aromatic nitrogens is 2. The molecule has 0 unspecified atom stereocenters. The van der Waals surface area contributed by atoms with Crippen LogP contribution in [0.1, 0.15) is 16.2 Å². The van der Waals surface area contributed by atoms with Gasteiger partial charge in [0.1, 0.15) is 0 Å². The number of hydrogen-bond acceptors (Lipinski definition) is 6. The van der Waals surface area contributed by atoms with E-state index in [2.05, 4.69) is 20.0 Å². The SMILES string of the molecule is NC(=O)c1ccc(N)c(NCc2ncon2)c1. The average Bonchev–Trinajstić information content (AvgIpc) is 2.80. The first-order chi connectivity index (χ1) is 8.16. The molecule has 0 fully saturated rings. The standard InChI is InChI=1S/C10H11N5O2/c11-7-2-1-6(10(12)16)3-8(7)13-4-9-14-5-17-15-9/h1-3,5,13H,4,11H2,(H2,12,16). The molecule has 0 aliphatic rings. The monoisotopic (exact) mass is 233 g/mol. The second-order valence-corrected chi connectivity index (χ2v) is 3.37. The summed E-state index contributed by atoms with van der Waals surface area (Å²) < 4.78 is 4.59. The summed E-state index contributed by atoms with van der Waals surface area (Å²) in [6, 6.07) is 4.76. The van der Waals surface area contributed by atoms with Crippen LogP contribution in [0.25, 0.3) is 0 Å². The van der Waals surface area contributed by atoms with Crippen LogP contribution in [-0.4, -0.2) is 16.0 Å². The Morgan fingerprint density at radius 2 is 2.29 bits per heavy atom. The number of nitrogens with zero attached hydrogens (tertiary/aromatic N) is 2. The molecule has 7 nitrogen and oxygen atoms in total. The Bertz CT molecular complexity index is 523. The highest BCUT2D eigenvalue weighted by Gasteiger charge is 2.06. The van der Waals surface area contributed by atoms with Crippen LogP contribution in [0, 0.1) is 0 Å². The third kappa shape index (κ3) is 2.51. The van der Waals surface area contributed by atoms with E-state index in [4.69, 9.17) is 11.5 Å². The number of nitrogens with two attached hydrogens (primary N) is 2. The minimum absolute atomic E-state index is 0.350. The van der Waals surface area contributed by atoms with Gasteiger partial charge in [-0.15, -0.1) is 0 Å². The molecule has 1 aromatic heterocycles. The van der Waals surface area contributed by atoms with Gasteiger partial charge >= 0.3 is 0 Å². The molecule has 7 heteroatoms. The van der Waals surface area contributed by atoms with E-state index in [1.54, 1.807) is 18.2 Å². The maximum atomic E-state index is 11.0. The van der Waals surface area contributed by atoms with E-state index in [-0.39, 0.29) is 0 Å². The second kappa shape index (κ2) is 4.52. The van der Waals surface area contributed by atoms with E-state index < -0.39 is 5.91 Å². The third-order valence-electron chi connectivity index (χ3n) is 2.18. The van der Waals surface area contributed by atoms with E-state index in [1.165, 1.54) is 6.39 Å².